The maximum absolute atomic E-state index is 2.49. The van der Waals surface area contributed by atoms with E-state index in [2.05, 4.69) is 191 Å². The third-order valence-electron chi connectivity index (χ3n) is 9.85. The molecule has 48 heavy (non-hydrogen) atoms. The quantitative estimate of drug-likeness (QED) is 0.188. The Balaban J connectivity index is 1.38. The fourth-order valence-corrected chi connectivity index (χ4v) is 7.72. The fraction of sp³-hybridized carbons (Fsp3) is 0. The molecule has 8 aromatic carbocycles. The number of hydrogen-bond acceptors (Lipinski definition) is 0. The smallest absolute Gasteiger partial charge is 0.0562 e. The van der Waals surface area contributed by atoms with Gasteiger partial charge in [-0.2, -0.15) is 0 Å². The van der Waals surface area contributed by atoms with Gasteiger partial charge in [-0.15, -0.1) is 0 Å². The Morgan fingerprint density at radius 3 is 1.54 bits per heavy atom. The maximum Gasteiger partial charge on any atom is 0.0562 e. The molecule has 0 aliphatic heterocycles. The van der Waals surface area contributed by atoms with Crippen molar-refractivity contribution in [3.8, 4) is 33.6 Å². The highest BCUT2D eigenvalue weighted by Crippen LogP contribution is 2.43. The lowest BCUT2D eigenvalue weighted by molar-refractivity contribution is 1.17. The first-order chi connectivity index (χ1) is 23.8. The summed E-state index contributed by atoms with van der Waals surface area (Å²) in [5, 5.41) is 7.59. The molecule has 0 aliphatic rings. The summed E-state index contributed by atoms with van der Waals surface area (Å²) in [6.07, 6.45) is 0. The first kappa shape index (κ1) is 26.8. The average Bonchev–Trinajstić information content (AvgIpc) is 3.67. The van der Waals surface area contributed by atoms with Crippen LogP contribution in [0.15, 0.2) is 182 Å². The number of hydrogen-bond donors (Lipinski definition) is 0. The predicted molar refractivity (Wildman–Crippen MR) is 203 cm³/mol. The van der Waals surface area contributed by atoms with Crippen LogP contribution in [0.4, 0.5) is 0 Å². The number of para-hydroxylation sites is 2. The van der Waals surface area contributed by atoms with Crippen molar-refractivity contribution in [2.24, 2.45) is 0 Å². The van der Waals surface area contributed by atoms with Crippen LogP contribution < -0.4 is 0 Å². The van der Waals surface area contributed by atoms with Crippen molar-refractivity contribution in [1.82, 2.24) is 9.13 Å². The number of aromatic nitrogens is 2. The molecule has 10 aromatic rings. The second-order valence-electron chi connectivity index (χ2n) is 12.6. The minimum Gasteiger partial charge on any atom is -0.309 e. The van der Waals surface area contributed by atoms with Crippen LogP contribution in [0.25, 0.3) is 88.0 Å². The molecular weight excluding hydrogens is 581 g/mol. The van der Waals surface area contributed by atoms with Crippen LogP contribution in [-0.4, -0.2) is 9.13 Å². The zero-order chi connectivity index (χ0) is 31.6. The highest BCUT2D eigenvalue weighted by atomic mass is 15.0. The zero-order valence-electron chi connectivity index (χ0n) is 26.2. The Labute approximate surface area is 278 Å². The van der Waals surface area contributed by atoms with Gasteiger partial charge in [0.1, 0.15) is 0 Å². The second-order valence-corrected chi connectivity index (χ2v) is 12.6. The fourth-order valence-electron chi connectivity index (χ4n) is 7.72. The van der Waals surface area contributed by atoms with Crippen molar-refractivity contribution in [2.45, 2.75) is 0 Å². The summed E-state index contributed by atoms with van der Waals surface area (Å²) in [5.74, 6) is 0. The molecule has 10 rings (SSSR count). The zero-order valence-corrected chi connectivity index (χ0v) is 26.2. The summed E-state index contributed by atoms with van der Waals surface area (Å²) in [5.41, 5.74) is 11.9. The molecule has 0 amide bonds. The minimum atomic E-state index is 1.15. The van der Waals surface area contributed by atoms with Crippen molar-refractivity contribution >= 4 is 54.4 Å². The van der Waals surface area contributed by atoms with E-state index in [4.69, 9.17) is 0 Å². The molecule has 0 saturated heterocycles. The molecule has 0 N–H and O–H groups in total. The lowest BCUT2D eigenvalue weighted by Gasteiger charge is -2.14. The van der Waals surface area contributed by atoms with Gasteiger partial charge in [-0.3, -0.25) is 0 Å². The van der Waals surface area contributed by atoms with Crippen LogP contribution in [0.2, 0.25) is 0 Å². The Morgan fingerprint density at radius 1 is 0.271 bits per heavy atom. The largest absolute Gasteiger partial charge is 0.309 e. The van der Waals surface area contributed by atoms with E-state index in [9.17, 15) is 0 Å². The standard InChI is InChI=1S/C46H30N2/c1-4-14-31(15-5-1)34-26-35(32-16-6-2-7-17-32)28-37(27-34)48-43-25-24-33-18-10-11-21-38(33)46(43)41-29-40-39-22-12-13-23-42(39)47(44(40)30-45(41)48)36-19-8-3-9-20-36/h1-30H. The topological polar surface area (TPSA) is 9.86 Å². The number of benzene rings is 8. The number of nitrogens with zero attached hydrogens (tertiary/aromatic N) is 2. The molecule has 0 saturated carbocycles. The van der Waals surface area contributed by atoms with Crippen LogP contribution in [0.5, 0.6) is 0 Å². The molecule has 0 bridgehead atoms. The molecule has 0 fully saturated rings. The van der Waals surface area contributed by atoms with Crippen LogP contribution in [0.1, 0.15) is 0 Å². The van der Waals surface area contributed by atoms with Crippen LogP contribution >= 0.6 is 0 Å². The average molecular weight is 611 g/mol. The SMILES string of the molecule is c1ccc(-c2cc(-c3ccccc3)cc(-n3c4cc5c(cc4c4c6ccccc6ccc43)c3ccccc3n5-c3ccccc3)c2)cc1. The maximum atomic E-state index is 2.49. The van der Waals surface area contributed by atoms with Crippen molar-refractivity contribution < 1.29 is 0 Å². The van der Waals surface area contributed by atoms with Gasteiger partial charge in [-0.25, -0.2) is 0 Å². The monoisotopic (exact) mass is 610 g/mol. The van der Waals surface area contributed by atoms with Crippen LogP contribution in [0.3, 0.4) is 0 Å². The number of rotatable bonds is 4. The van der Waals surface area contributed by atoms with Gasteiger partial charge in [-0.05, 0) is 87.6 Å². The van der Waals surface area contributed by atoms with Crippen molar-refractivity contribution in [3.05, 3.63) is 182 Å². The molecule has 2 heteroatoms. The van der Waals surface area contributed by atoms with Gasteiger partial charge in [0.25, 0.3) is 0 Å². The van der Waals surface area contributed by atoms with E-state index in [0.717, 1.165) is 11.4 Å². The Kier molecular flexibility index (Phi) is 5.91. The molecule has 2 heterocycles. The summed E-state index contributed by atoms with van der Waals surface area (Å²) in [6.45, 7) is 0. The molecule has 0 radical (unpaired) electrons. The molecule has 2 aromatic heterocycles. The Morgan fingerprint density at radius 2 is 0.833 bits per heavy atom. The highest BCUT2D eigenvalue weighted by molar-refractivity contribution is 6.25. The van der Waals surface area contributed by atoms with Gasteiger partial charge in [0, 0.05) is 32.9 Å². The van der Waals surface area contributed by atoms with E-state index in [1.165, 1.54) is 76.6 Å². The van der Waals surface area contributed by atoms with E-state index < -0.39 is 0 Å². The first-order valence-electron chi connectivity index (χ1n) is 16.5. The molecule has 0 unspecified atom stereocenters. The van der Waals surface area contributed by atoms with Gasteiger partial charge in [0.2, 0.25) is 0 Å². The van der Waals surface area contributed by atoms with E-state index >= 15 is 0 Å². The Bertz CT molecular complexity index is 2750. The van der Waals surface area contributed by atoms with E-state index in [0.29, 0.717) is 0 Å². The van der Waals surface area contributed by atoms with Crippen molar-refractivity contribution in [1.29, 1.82) is 0 Å². The summed E-state index contributed by atoms with van der Waals surface area (Å²) < 4.78 is 4.91. The summed E-state index contributed by atoms with van der Waals surface area (Å²) >= 11 is 0. The van der Waals surface area contributed by atoms with Crippen molar-refractivity contribution in [2.75, 3.05) is 0 Å². The summed E-state index contributed by atoms with van der Waals surface area (Å²) in [7, 11) is 0. The van der Waals surface area contributed by atoms with E-state index in [-0.39, 0.29) is 0 Å². The minimum absolute atomic E-state index is 1.15. The lowest BCUT2D eigenvalue weighted by atomic mass is 9.98. The molecule has 224 valence electrons. The molecule has 0 spiro atoms. The lowest BCUT2D eigenvalue weighted by Crippen LogP contribution is -1.97. The third kappa shape index (κ3) is 4.06. The predicted octanol–water partition coefficient (Wildman–Crippen LogP) is 12.4. The molecule has 0 atom stereocenters. The van der Waals surface area contributed by atoms with Crippen LogP contribution in [-0.2, 0) is 0 Å². The highest BCUT2D eigenvalue weighted by Gasteiger charge is 2.20. The third-order valence-corrected chi connectivity index (χ3v) is 9.85. The van der Waals surface area contributed by atoms with Gasteiger partial charge in [-0.1, -0.05) is 127 Å². The summed E-state index contributed by atoms with van der Waals surface area (Å²) in [4.78, 5) is 0. The Hall–Kier alpha value is -6.38. The van der Waals surface area contributed by atoms with Gasteiger partial charge >= 0.3 is 0 Å². The second kappa shape index (κ2) is 10.6. The van der Waals surface area contributed by atoms with Gasteiger partial charge in [0.05, 0.1) is 22.1 Å². The van der Waals surface area contributed by atoms with Crippen molar-refractivity contribution in [3.63, 3.8) is 0 Å². The van der Waals surface area contributed by atoms with E-state index in [1.807, 2.05) is 0 Å². The molecule has 0 aliphatic carbocycles. The molecular formula is C46H30N2. The molecule has 2 nitrogen and oxygen atoms in total. The summed E-state index contributed by atoms with van der Waals surface area (Å²) in [6, 6.07) is 66.3. The first-order valence-corrected chi connectivity index (χ1v) is 16.5. The normalized spacial score (nSPS) is 11.8. The van der Waals surface area contributed by atoms with Gasteiger partial charge < -0.3 is 9.13 Å². The number of fused-ring (bicyclic) bond motifs is 8. The van der Waals surface area contributed by atoms with Gasteiger partial charge in [0.15, 0.2) is 0 Å². The van der Waals surface area contributed by atoms with E-state index in [1.54, 1.807) is 0 Å². The van der Waals surface area contributed by atoms with Crippen LogP contribution in [0, 0.1) is 0 Å².